The Hall–Kier alpha value is -3.55. The summed E-state index contributed by atoms with van der Waals surface area (Å²) in [6, 6.07) is 12.2. The summed E-state index contributed by atoms with van der Waals surface area (Å²) in [5.41, 5.74) is 3.33. The molecule has 3 N–H and O–H groups in total. The van der Waals surface area contributed by atoms with Gasteiger partial charge in [-0.2, -0.15) is 0 Å². The number of carbonyl (C=O) groups is 3. The van der Waals surface area contributed by atoms with Crippen molar-refractivity contribution in [3.05, 3.63) is 53.6 Å². The van der Waals surface area contributed by atoms with Gasteiger partial charge in [-0.05, 0) is 44.0 Å². The van der Waals surface area contributed by atoms with Gasteiger partial charge >= 0.3 is 6.03 Å². The summed E-state index contributed by atoms with van der Waals surface area (Å²) in [5.74, 6) is -0.182. The Morgan fingerprint density at radius 1 is 1.13 bits per heavy atom. The van der Waals surface area contributed by atoms with E-state index in [1.165, 1.54) is 0 Å². The molecule has 8 heteroatoms. The molecule has 2 aromatic carbocycles. The third kappa shape index (κ3) is 5.75. The van der Waals surface area contributed by atoms with Crippen molar-refractivity contribution < 1.29 is 19.1 Å². The second-order valence-electron chi connectivity index (χ2n) is 7.57. The lowest BCUT2D eigenvalue weighted by atomic mass is 10.1. The van der Waals surface area contributed by atoms with E-state index < -0.39 is 18.0 Å². The number of fused-ring (bicyclic) bond motifs is 1. The maximum absolute atomic E-state index is 12.6. The van der Waals surface area contributed by atoms with Crippen LogP contribution >= 0.6 is 0 Å². The first kappa shape index (κ1) is 22.1. The van der Waals surface area contributed by atoms with Gasteiger partial charge in [-0.25, -0.2) is 4.79 Å². The topological polar surface area (TPSA) is 99.8 Å². The molecule has 31 heavy (non-hydrogen) atoms. The van der Waals surface area contributed by atoms with E-state index in [-0.39, 0.29) is 19.0 Å². The van der Waals surface area contributed by atoms with Crippen molar-refractivity contribution in [1.82, 2.24) is 10.6 Å². The predicted octanol–water partition coefficient (Wildman–Crippen LogP) is 2.75. The first-order valence-corrected chi connectivity index (χ1v) is 10.3. The van der Waals surface area contributed by atoms with E-state index in [2.05, 4.69) is 16.0 Å². The smallest absolute Gasteiger partial charge is 0.325 e. The second-order valence-corrected chi connectivity index (χ2v) is 7.57. The molecule has 0 aromatic heterocycles. The summed E-state index contributed by atoms with van der Waals surface area (Å²) < 4.78 is 5.82. The molecule has 164 valence electrons. The summed E-state index contributed by atoms with van der Waals surface area (Å²) in [7, 11) is 0. The monoisotopic (exact) mass is 424 g/mol. The van der Waals surface area contributed by atoms with E-state index in [4.69, 9.17) is 4.74 Å². The lowest BCUT2D eigenvalue weighted by Gasteiger charge is -2.35. The van der Waals surface area contributed by atoms with Crippen LogP contribution in [0.3, 0.4) is 0 Å². The molecular weight excluding hydrogens is 396 g/mol. The van der Waals surface area contributed by atoms with Crippen LogP contribution in [0.25, 0.3) is 0 Å². The molecule has 1 aliphatic rings. The first-order valence-electron chi connectivity index (χ1n) is 10.3. The lowest BCUT2D eigenvalue weighted by Crippen LogP contribution is -2.52. The van der Waals surface area contributed by atoms with Gasteiger partial charge in [0.15, 0.2) is 6.10 Å². The van der Waals surface area contributed by atoms with Gasteiger partial charge in [0.2, 0.25) is 5.91 Å². The predicted molar refractivity (Wildman–Crippen MR) is 119 cm³/mol. The van der Waals surface area contributed by atoms with E-state index in [1.54, 1.807) is 23.1 Å². The van der Waals surface area contributed by atoms with Crippen LogP contribution in [0.1, 0.15) is 24.5 Å². The lowest BCUT2D eigenvalue weighted by molar-refractivity contribution is -0.128. The molecule has 0 radical (unpaired) electrons. The highest BCUT2D eigenvalue weighted by molar-refractivity contribution is 6.03. The molecule has 8 nitrogen and oxygen atoms in total. The van der Waals surface area contributed by atoms with Gasteiger partial charge < -0.3 is 20.3 Å². The molecule has 1 atom stereocenters. The summed E-state index contributed by atoms with van der Waals surface area (Å²) in [6.07, 6.45) is 0.0785. The fourth-order valence-electron chi connectivity index (χ4n) is 3.40. The Bertz CT molecular complexity index is 976. The van der Waals surface area contributed by atoms with Crippen molar-refractivity contribution >= 4 is 29.2 Å². The number of ether oxygens (including phenoxy) is 1. The largest absolute Gasteiger partial charge is 0.477 e. The molecule has 1 aliphatic heterocycles. The molecule has 4 amide bonds. The van der Waals surface area contributed by atoms with Crippen LogP contribution in [0.2, 0.25) is 0 Å². The number of hydrogen-bond acceptors (Lipinski definition) is 5. The van der Waals surface area contributed by atoms with Gasteiger partial charge in [-0.3, -0.25) is 14.9 Å². The van der Waals surface area contributed by atoms with Crippen molar-refractivity contribution in [2.45, 2.75) is 33.3 Å². The normalized spacial score (nSPS) is 14.8. The number of imide groups is 1. The molecule has 0 spiro atoms. The number of nitrogens with one attached hydrogen (secondary N) is 3. The molecular formula is C23H28N4O4. The van der Waals surface area contributed by atoms with Crippen molar-refractivity contribution in [3.8, 4) is 5.75 Å². The Labute approximate surface area is 182 Å². The maximum atomic E-state index is 12.6. The van der Waals surface area contributed by atoms with E-state index in [0.717, 1.165) is 17.5 Å². The maximum Gasteiger partial charge on any atom is 0.325 e. The molecule has 0 unspecified atom stereocenters. The number of benzene rings is 2. The molecule has 0 fully saturated rings. The Balaban J connectivity index is 1.64. The Morgan fingerprint density at radius 2 is 1.90 bits per heavy atom. The highest BCUT2D eigenvalue weighted by Gasteiger charge is 2.31. The minimum Gasteiger partial charge on any atom is -0.477 e. The van der Waals surface area contributed by atoms with Gasteiger partial charge in [-0.1, -0.05) is 36.8 Å². The van der Waals surface area contributed by atoms with Crippen molar-refractivity contribution in [1.29, 1.82) is 0 Å². The number of carbonyl (C=O) groups excluding carboxylic acids is 3. The minimum atomic E-state index is -0.738. The minimum absolute atomic E-state index is 0.0851. The molecule has 0 bridgehead atoms. The number of rotatable bonds is 6. The molecule has 0 saturated carbocycles. The number of para-hydroxylation sites is 2. The molecule has 2 aromatic rings. The van der Waals surface area contributed by atoms with Crippen LogP contribution in [0, 0.1) is 13.8 Å². The molecule has 1 heterocycles. The summed E-state index contributed by atoms with van der Waals surface area (Å²) in [6.45, 7) is 6.50. The van der Waals surface area contributed by atoms with Gasteiger partial charge in [0.05, 0.1) is 18.8 Å². The van der Waals surface area contributed by atoms with Gasteiger partial charge in [-0.15, -0.1) is 0 Å². The van der Waals surface area contributed by atoms with Gasteiger partial charge in [0.25, 0.3) is 5.91 Å². The Morgan fingerprint density at radius 3 is 2.65 bits per heavy atom. The number of urea groups is 1. The number of nitrogens with zero attached hydrogens (tertiary/aromatic N) is 1. The summed E-state index contributed by atoms with van der Waals surface area (Å²) in [4.78, 5) is 39.0. The van der Waals surface area contributed by atoms with Crippen molar-refractivity contribution in [2.24, 2.45) is 0 Å². The van der Waals surface area contributed by atoms with E-state index >= 15 is 0 Å². The van der Waals surface area contributed by atoms with E-state index in [9.17, 15) is 14.4 Å². The number of amides is 4. The van der Waals surface area contributed by atoms with Crippen molar-refractivity contribution in [3.63, 3.8) is 0 Å². The second kappa shape index (κ2) is 9.97. The zero-order valence-electron chi connectivity index (χ0n) is 18.0. The highest BCUT2D eigenvalue weighted by Crippen LogP contribution is 2.32. The highest BCUT2D eigenvalue weighted by atomic mass is 16.5. The summed E-state index contributed by atoms with van der Waals surface area (Å²) in [5, 5.41) is 7.87. The van der Waals surface area contributed by atoms with Crippen LogP contribution in [-0.4, -0.2) is 43.6 Å². The fourth-order valence-corrected chi connectivity index (χ4v) is 3.40. The Kier molecular flexibility index (Phi) is 7.12. The quantitative estimate of drug-likeness (QED) is 0.662. The van der Waals surface area contributed by atoms with Crippen molar-refractivity contribution in [2.75, 3.05) is 29.9 Å². The van der Waals surface area contributed by atoms with E-state index in [0.29, 0.717) is 23.7 Å². The van der Waals surface area contributed by atoms with Gasteiger partial charge in [0.1, 0.15) is 5.75 Å². The standard InChI is InChI=1S/C23H28N4O4/c1-4-11-24-22(29)20-13-27(18-7-5-6-8-19(18)31-20)14-21(28)26-23(30)25-17-10-9-15(2)12-16(17)3/h5-10,12,20H,4,11,13-14H2,1-3H3,(H,24,29)(H2,25,26,28,30)/t20-/m1/s1. The first-order chi connectivity index (χ1) is 14.9. The SMILES string of the molecule is CCCNC(=O)[C@H]1CN(CC(=O)NC(=O)Nc2ccc(C)cc2C)c2ccccc2O1. The van der Waals surface area contributed by atoms with E-state index in [1.807, 2.05) is 45.0 Å². The zero-order chi connectivity index (χ0) is 22.4. The average molecular weight is 425 g/mol. The van der Waals surface area contributed by atoms with Crippen LogP contribution < -0.4 is 25.6 Å². The van der Waals surface area contributed by atoms with Crippen LogP contribution in [-0.2, 0) is 9.59 Å². The van der Waals surface area contributed by atoms with Crippen LogP contribution in [0.5, 0.6) is 5.75 Å². The van der Waals surface area contributed by atoms with Crippen LogP contribution in [0.4, 0.5) is 16.2 Å². The van der Waals surface area contributed by atoms with Crippen LogP contribution in [0.15, 0.2) is 42.5 Å². The number of aryl methyl sites for hydroxylation is 2. The fraction of sp³-hybridized carbons (Fsp3) is 0.348. The third-order valence-electron chi connectivity index (χ3n) is 4.92. The average Bonchev–Trinajstić information content (AvgIpc) is 2.73. The zero-order valence-corrected chi connectivity index (χ0v) is 18.0. The van der Waals surface area contributed by atoms with Gasteiger partial charge in [0, 0.05) is 12.2 Å². The molecule has 0 aliphatic carbocycles. The molecule has 0 saturated heterocycles. The third-order valence-corrected chi connectivity index (χ3v) is 4.92. The summed E-state index contributed by atoms with van der Waals surface area (Å²) >= 11 is 0. The number of anilines is 2. The number of hydrogen-bond donors (Lipinski definition) is 3. The molecule has 3 rings (SSSR count).